The summed E-state index contributed by atoms with van der Waals surface area (Å²) in [6.07, 6.45) is 1.72. The Hall–Kier alpha value is -6.70. The third-order valence-corrected chi connectivity index (χ3v) is 11.1. The minimum atomic E-state index is -0.926. The van der Waals surface area contributed by atoms with E-state index in [2.05, 4.69) is 32.7 Å². The molecule has 14 nitrogen and oxygen atoms in total. The standard InChI is InChI=1S/C48H54N8O6/c1-47(2,3)61-45(59)53-39(29-15-9-7-10-16-29)43(57)55-25-13-19-37(55)41-49-33-23-21-31(27-35(33)51-41)32-22-24-34-36(28-32)52-42(50-34)38-20-14-26-56(38)44(58)40(30-17-11-8-12-18-30)54-46(60)62-48(4,5)6/h7-12,15-18,21-24,27-28,37-40H,13-14,19-20,25-26H2,1-6H3,(H,49,51)(H,50,52)(H,53,59)(H,54,60)/t37-,38-,39+,40?/m0/s1. The van der Waals surface area contributed by atoms with Crippen LogP contribution in [-0.2, 0) is 19.1 Å². The zero-order valence-corrected chi connectivity index (χ0v) is 36.0. The summed E-state index contributed by atoms with van der Waals surface area (Å²) in [5.74, 6) is 0.924. The molecule has 0 spiro atoms. The van der Waals surface area contributed by atoms with Crippen LogP contribution in [0.4, 0.5) is 9.59 Å². The van der Waals surface area contributed by atoms with Crippen LogP contribution in [0.2, 0.25) is 0 Å². The van der Waals surface area contributed by atoms with E-state index < -0.39 is 35.5 Å². The van der Waals surface area contributed by atoms with Crippen molar-refractivity contribution in [1.82, 2.24) is 40.4 Å². The molecule has 4 N–H and O–H groups in total. The lowest BCUT2D eigenvalue weighted by Crippen LogP contribution is -2.44. The van der Waals surface area contributed by atoms with Crippen LogP contribution in [0.3, 0.4) is 0 Å². The van der Waals surface area contributed by atoms with Crippen LogP contribution in [0.25, 0.3) is 33.2 Å². The van der Waals surface area contributed by atoms with Crippen LogP contribution >= 0.6 is 0 Å². The summed E-state index contributed by atoms with van der Waals surface area (Å²) in [5, 5.41) is 5.65. The number of alkyl carbamates (subject to hydrolysis) is 2. The molecule has 0 bridgehead atoms. The molecule has 0 saturated carbocycles. The number of fused-ring (bicyclic) bond motifs is 2. The van der Waals surface area contributed by atoms with E-state index in [0.29, 0.717) is 35.9 Å². The van der Waals surface area contributed by atoms with Crippen LogP contribution in [0, 0.1) is 0 Å². The zero-order chi connectivity index (χ0) is 43.8. The molecule has 0 radical (unpaired) electrons. The van der Waals surface area contributed by atoms with E-state index >= 15 is 0 Å². The Bertz CT molecular complexity index is 2410. The van der Waals surface area contributed by atoms with Gasteiger partial charge in [-0.05, 0) is 114 Å². The largest absolute Gasteiger partial charge is 0.444 e. The summed E-state index contributed by atoms with van der Waals surface area (Å²) in [6.45, 7) is 11.8. The van der Waals surface area contributed by atoms with Crippen molar-refractivity contribution in [3.63, 3.8) is 0 Å². The van der Waals surface area contributed by atoms with Gasteiger partial charge in [0.2, 0.25) is 0 Å². The Labute approximate surface area is 360 Å². The van der Waals surface area contributed by atoms with Gasteiger partial charge in [0.25, 0.3) is 11.8 Å². The predicted molar refractivity (Wildman–Crippen MR) is 236 cm³/mol. The van der Waals surface area contributed by atoms with E-state index in [9.17, 15) is 19.2 Å². The van der Waals surface area contributed by atoms with Gasteiger partial charge >= 0.3 is 12.2 Å². The van der Waals surface area contributed by atoms with E-state index in [0.717, 1.165) is 58.9 Å². The highest BCUT2D eigenvalue weighted by Gasteiger charge is 2.39. The molecule has 2 aromatic heterocycles. The molecule has 4 atom stereocenters. The van der Waals surface area contributed by atoms with E-state index in [1.54, 1.807) is 51.3 Å². The van der Waals surface area contributed by atoms with Crippen molar-refractivity contribution in [2.24, 2.45) is 0 Å². The molecule has 14 heteroatoms. The number of nitrogens with one attached hydrogen (secondary N) is 4. The Balaban J connectivity index is 1.01. The average Bonchev–Trinajstić information content (AvgIpc) is 4.06. The second kappa shape index (κ2) is 17.0. The number of aromatic amines is 2. The number of carbonyl (C=O) groups excluding carboxylic acids is 4. The maximum Gasteiger partial charge on any atom is 0.408 e. The molecule has 6 aromatic rings. The van der Waals surface area contributed by atoms with Crippen LogP contribution in [0.15, 0.2) is 97.1 Å². The number of rotatable bonds is 9. The molecule has 4 heterocycles. The fourth-order valence-corrected chi connectivity index (χ4v) is 8.41. The van der Waals surface area contributed by atoms with Crippen molar-refractivity contribution in [3.05, 3.63) is 120 Å². The highest BCUT2D eigenvalue weighted by Crippen LogP contribution is 2.37. The van der Waals surface area contributed by atoms with Crippen LogP contribution in [0.1, 0.15) is 114 Å². The number of hydrogen-bond acceptors (Lipinski definition) is 8. The predicted octanol–water partition coefficient (Wildman–Crippen LogP) is 8.97. The Kier molecular flexibility index (Phi) is 11.5. The fourth-order valence-electron chi connectivity index (χ4n) is 8.41. The number of ether oxygens (including phenoxy) is 2. The number of hydrogen-bond donors (Lipinski definition) is 4. The first-order valence-electron chi connectivity index (χ1n) is 21.3. The highest BCUT2D eigenvalue weighted by atomic mass is 16.6. The molecule has 4 aromatic carbocycles. The quantitative estimate of drug-likeness (QED) is 0.112. The molecule has 0 aliphatic carbocycles. The van der Waals surface area contributed by atoms with E-state index in [-0.39, 0.29) is 23.9 Å². The van der Waals surface area contributed by atoms with Crippen molar-refractivity contribution < 1.29 is 28.7 Å². The van der Waals surface area contributed by atoms with Crippen molar-refractivity contribution in [2.45, 2.75) is 103 Å². The van der Waals surface area contributed by atoms with Crippen molar-refractivity contribution in [3.8, 4) is 11.1 Å². The Morgan fingerprint density at radius 2 is 0.984 bits per heavy atom. The maximum atomic E-state index is 14.3. The first-order valence-corrected chi connectivity index (χ1v) is 21.3. The zero-order valence-electron chi connectivity index (χ0n) is 36.0. The molecule has 1 unspecified atom stereocenters. The number of amides is 4. The van der Waals surface area contributed by atoms with Gasteiger partial charge in [-0.3, -0.25) is 9.59 Å². The first-order chi connectivity index (χ1) is 29.6. The van der Waals surface area contributed by atoms with Gasteiger partial charge in [0.15, 0.2) is 0 Å². The van der Waals surface area contributed by atoms with E-state index in [1.165, 1.54) is 0 Å². The second-order valence-corrected chi connectivity index (χ2v) is 18.1. The van der Waals surface area contributed by atoms with Gasteiger partial charge in [-0.15, -0.1) is 0 Å². The minimum absolute atomic E-state index is 0.225. The number of aromatic nitrogens is 4. The molecular weight excluding hydrogens is 785 g/mol. The summed E-state index contributed by atoms with van der Waals surface area (Å²) >= 11 is 0. The third-order valence-electron chi connectivity index (χ3n) is 11.1. The molecule has 2 aliphatic rings. The first kappa shape index (κ1) is 42.0. The number of benzene rings is 4. The van der Waals surface area contributed by atoms with Gasteiger partial charge in [-0.1, -0.05) is 72.8 Å². The lowest BCUT2D eigenvalue weighted by molar-refractivity contribution is -0.135. The lowest BCUT2D eigenvalue weighted by Gasteiger charge is -2.29. The van der Waals surface area contributed by atoms with E-state index in [4.69, 9.17) is 19.4 Å². The summed E-state index contributed by atoms with van der Waals surface area (Å²) in [7, 11) is 0. The number of H-pyrrole nitrogens is 2. The smallest absolute Gasteiger partial charge is 0.408 e. The fraction of sp³-hybridized carbons (Fsp3) is 0.375. The molecule has 2 aliphatic heterocycles. The molecule has 2 saturated heterocycles. The van der Waals surface area contributed by atoms with Gasteiger partial charge in [0.05, 0.1) is 34.2 Å². The number of nitrogens with zero attached hydrogens (tertiary/aromatic N) is 4. The van der Waals surface area contributed by atoms with E-state index in [1.807, 2.05) is 84.9 Å². The second-order valence-electron chi connectivity index (χ2n) is 18.1. The maximum absolute atomic E-state index is 14.3. The molecule has 322 valence electrons. The molecular formula is C48H54N8O6. The van der Waals surface area contributed by atoms with Crippen molar-refractivity contribution in [1.29, 1.82) is 0 Å². The third kappa shape index (κ3) is 9.29. The molecule has 8 rings (SSSR count). The van der Waals surface area contributed by atoms with Gasteiger partial charge in [0.1, 0.15) is 34.9 Å². The number of likely N-dealkylation sites (tertiary alicyclic amines) is 2. The average molecular weight is 839 g/mol. The summed E-state index contributed by atoms with van der Waals surface area (Å²) in [4.78, 5) is 74.9. The molecule has 2 fully saturated rings. The normalized spacial score (nSPS) is 17.8. The van der Waals surface area contributed by atoms with Gasteiger partial charge in [0, 0.05) is 13.1 Å². The van der Waals surface area contributed by atoms with Crippen molar-refractivity contribution >= 4 is 46.1 Å². The SMILES string of the molecule is CC(C)(C)OC(=O)NC(C(=O)N1CCC[C@H]1c1nc2ccc(-c3ccc4nc([C@@H]5CCCN5C(=O)[C@H](NC(=O)OC(C)(C)C)c5ccccc5)[nH]c4c3)cc2[nH]1)c1ccccc1. The summed E-state index contributed by atoms with van der Waals surface area (Å²) < 4.78 is 11.1. The van der Waals surface area contributed by atoms with Gasteiger partial charge in [-0.2, -0.15) is 0 Å². The minimum Gasteiger partial charge on any atom is -0.444 e. The highest BCUT2D eigenvalue weighted by molar-refractivity contribution is 5.90. The Morgan fingerprint density at radius 3 is 1.35 bits per heavy atom. The Morgan fingerprint density at radius 1 is 0.597 bits per heavy atom. The van der Waals surface area contributed by atoms with Gasteiger partial charge < -0.3 is 39.9 Å². The van der Waals surface area contributed by atoms with Crippen LogP contribution < -0.4 is 10.6 Å². The molecule has 62 heavy (non-hydrogen) atoms. The molecule has 4 amide bonds. The summed E-state index contributed by atoms with van der Waals surface area (Å²) in [6, 6.07) is 28.1. The number of carbonyl (C=O) groups is 4. The van der Waals surface area contributed by atoms with Crippen LogP contribution in [0.5, 0.6) is 0 Å². The summed E-state index contributed by atoms with van der Waals surface area (Å²) in [5.41, 5.74) is 5.05. The van der Waals surface area contributed by atoms with Gasteiger partial charge in [-0.25, -0.2) is 19.6 Å². The van der Waals surface area contributed by atoms with Crippen LogP contribution in [-0.4, -0.2) is 78.0 Å². The number of imidazole rings is 2. The topological polar surface area (TPSA) is 175 Å². The van der Waals surface area contributed by atoms with Crippen molar-refractivity contribution in [2.75, 3.05) is 13.1 Å². The lowest BCUT2D eigenvalue weighted by atomic mass is 10.0. The monoisotopic (exact) mass is 838 g/mol.